The summed E-state index contributed by atoms with van der Waals surface area (Å²) >= 11 is 0. The number of epoxide rings is 1. The second kappa shape index (κ2) is 14.2. The first kappa shape index (κ1) is 27.2. The van der Waals surface area contributed by atoms with Gasteiger partial charge < -0.3 is 9.47 Å². The zero-order valence-corrected chi connectivity index (χ0v) is 21.7. The molecule has 0 aromatic heterocycles. The zero-order chi connectivity index (χ0) is 27.3. The molecule has 0 radical (unpaired) electrons. The summed E-state index contributed by atoms with van der Waals surface area (Å²) in [6, 6.07) is 23.5. The van der Waals surface area contributed by atoms with Crippen LogP contribution < -0.4 is 0 Å². The maximum Gasteiger partial charge on any atom is 0.339 e. The second-order valence-electron chi connectivity index (χ2n) is 9.29. The van der Waals surface area contributed by atoms with Crippen LogP contribution in [0.3, 0.4) is 0 Å². The number of carbonyl (C=O) groups excluding carboxylic acids is 1. The summed E-state index contributed by atoms with van der Waals surface area (Å²) < 4.78 is 10.8. The summed E-state index contributed by atoms with van der Waals surface area (Å²) in [5.74, 6) is 11.9. The Hall–Kier alpha value is -4.81. The third-order valence-corrected chi connectivity index (χ3v) is 6.27. The van der Waals surface area contributed by atoms with Crippen molar-refractivity contribution in [3.63, 3.8) is 0 Å². The maximum atomic E-state index is 13.1. The number of esters is 1. The van der Waals surface area contributed by atoms with Gasteiger partial charge in [-0.3, -0.25) is 0 Å². The number of carbonyl (C=O) groups is 1. The summed E-state index contributed by atoms with van der Waals surface area (Å²) in [6.45, 7) is 1.27. The van der Waals surface area contributed by atoms with E-state index in [1.165, 1.54) is 12.8 Å². The molecule has 1 aliphatic heterocycles. The fourth-order valence-electron chi connectivity index (χ4n) is 3.92. The van der Waals surface area contributed by atoms with Crippen LogP contribution in [0.4, 0.5) is 0 Å². The minimum atomic E-state index is -0.424. The number of hydrogen-bond donors (Lipinski definition) is 0. The van der Waals surface area contributed by atoms with Crippen LogP contribution in [-0.2, 0) is 9.47 Å². The average molecular weight is 513 g/mol. The van der Waals surface area contributed by atoms with Gasteiger partial charge in [-0.05, 0) is 79.6 Å². The normalized spacial score (nSPS) is 13.0. The molecule has 5 nitrogen and oxygen atoms in total. The Morgan fingerprint density at radius 3 is 1.85 bits per heavy atom. The SMILES string of the molecule is N#Cc1ccc(C#Cc2ccc(C#Cc3ccc(C#N)cc3)c(C(=O)OCCCCCCCC3CO3)c2)cc1. The third kappa shape index (κ3) is 8.91. The van der Waals surface area contributed by atoms with E-state index in [1.807, 2.05) is 6.07 Å². The molecule has 0 saturated carbocycles. The number of nitriles is 2. The van der Waals surface area contributed by atoms with Gasteiger partial charge in [0.2, 0.25) is 0 Å². The largest absolute Gasteiger partial charge is 0.462 e. The van der Waals surface area contributed by atoms with Crippen molar-refractivity contribution < 1.29 is 14.3 Å². The van der Waals surface area contributed by atoms with Crippen LogP contribution in [0.2, 0.25) is 0 Å². The molecule has 1 aliphatic rings. The first-order valence-electron chi connectivity index (χ1n) is 13.1. The van der Waals surface area contributed by atoms with E-state index < -0.39 is 5.97 Å². The molecular weight excluding hydrogens is 484 g/mol. The monoisotopic (exact) mass is 512 g/mol. The van der Waals surface area contributed by atoms with Crippen molar-refractivity contribution in [1.82, 2.24) is 0 Å². The van der Waals surface area contributed by atoms with Crippen molar-refractivity contribution in [1.29, 1.82) is 10.5 Å². The van der Waals surface area contributed by atoms with Gasteiger partial charge in [-0.1, -0.05) is 49.4 Å². The van der Waals surface area contributed by atoms with Crippen molar-refractivity contribution in [3.8, 4) is 35.8 Å². The highest BCUT2D eigenvalue weighted by molar-refractivity contribution is 5.93. The molecule has 0 amide bonds. The van der Waals surface area contributed by atoms with Crippen LogP contribution >= 0.6 is 0 Å². The zero-order valence-electron chi connectivity index (χ0n) is 21.7. The average Bonchev–Trinajstić information content (AvgIpc) is 3.81. The number of hydrogen-bond acceptors (Lipinski definition) is 5. The molecule has 3 aromatic rings. The van der Waals surface area contributed by atoms with Crippen molar-refractivity contribution in [2.24, 2.45) is 0 Å². The van der Waals surface area contributed by atoms with Crippen molar-refractivity contribution in [2.75, 3.05) is 13.2 Å². The number of benzene rings is 3. The molecule has 5 heteroatoms. The lowest BCUT2D eigenvalue weighted by Crippen LogP contribution is -2.09. The molecule has 0 aliphatic carbocycles. The molecule has 1 unspecified atom stereocenters. The predicted molar refractivity (Wildman–Crippen MR) is 148 cm³/mol. The first-order valence-corrected chi connectivity index (χ1v) is 13.1. The van der Waals surface area contributed by atoms with Crippen LogP contribution in [0.15, 0.2) is 66.7 Å². The lowest BCUT2D eigenvalue weighted by Gasteiger charge is -2.07. The first-order chi connectivity index (χ1) is 19.1. The van der Waals surface area contributed by atoms with Gasteiger partial charge in [0.25, 0.3) is 0 Å². The Morgan fingerprint density at radius 1 is 0.718 bits per heavy atom. The number of unbranched alkanes of at least 4 members (excludes halogenated alkanes) is 4. The van der Waals surface area contributed by atoms with E-state index in [1.54, 1.807) is 60.7 Å². The molecule has 1 atom stereocenters. The van der Waals surface area contributed by atoms with Crippen LogP contribution in [0.25, 0.3) is 0 Å². The Bertz CT molecular complexity index is 1500. The number of nitrogens with zero attached hydrogens (tertiary/aromatic N) is 2. The van der Waals surface area contributed by atoms with Gasteiger partial charge in [-0.15, -0.1) is 0 Å². The van der Waals surface area contributed by atoms with Gasteiger partial charge in [0, 0.05) is 22.3 Å². The smallest absolute Gasteiger partial charge is 0.339 e. The van der Waals surface area contributed by atoms with E-state index in [4.69, 9.17) is 20.0 Å². The fraction of sp³-hybridized carbons (Fsp3) is 0.265. The van der Waals surface area contributed by atoms with Gasteiger partial charge in [-0.25, -0.2) is 4.79 Å². The molecule has 39 heavy (non-hydrogen) atoms. The van der Waals surface area contributed by atoms with E-state index in [2.05, 4.69) is 35.8 Å². The topological polar surface area (TPSA) is 86.4 Å². The Morgan fingerprint density at radius 2 is 1.23 bits per heavy atom. The highest BCUT2D eigenvalue weighted by Gasteiger charge is 2.20. The summed E-state index contributed by atoms with van der Waals surface area (Å²) in [4.78, 5) is 13.1. The van der Waals surface area contributed by atoms with Crippen molar-refractivity contribution >= 4 is 5.97 Å². The van der Waals surface area contributed by atoms with E-state index >= 15 is 0 Å². The Labute approximate surface area is 230 Å². The van der Waals surface area contributed by atoms with E-state index in [0.29, 0.717) is 40.5 Å². The minimum absolute atomic E-state index is 0.355. The number of rotatable bonds is 9. The van der Waals surface area contributed by atoms with Gasteiger partial charge in [-0.2, -0.15) is 10.5 Å². The summed E-state index contributed by atoms with van der Waals surface area (Å²) in [7, 11) is 0. The van der Waals surface area contributed by atoms with Crippen molar-refractivity contribution in [2.45, 2.75) is 44.6 Å². The minimum Gasteiger partial charge on any atom is -0.462 e. The van der Waals surface area contributed by atoms with E-state index in [-0.39, 0.29) is 0 Å². The van der Waals surface area contributed by atoms with Gasteiger partial charge in [0.05, 0.1) is 48.1 Å². The lowest BCUT2D eigenvalue weighted by molar-refractivity contribution is 0.0497. The molecule has 1 fully saturated rings. The maximum absolute atomic E-state index is 13.1. The van der Waals surface area contributed by atoms with Crippen LogP contribution in [0.5, 0.6) is 0 Å². The van der Waals surface area contributed by atoms with Crippen LogP contribution in [0, 0.1) is 46.3 Å². The Kier molecular flexibility index (Phi) is 9.92. The predicted octanol–water partition coefficient (Wildman–Crippen LogP) is 6.13. The van der Waals surface area contributed by atoms with Gasteiger partial charge in [0.15, 0.2) is 0 Å². The summed E-state index contributed by atoms with van der Waals surface area (Å²) in [6.07, 6.45) is 6.93. The molecule has 0 spiro atoms. The quantitative estimate of drug-likeness (QED) is 0.149. The van der Waals surface area contributed by atoms with E-state index in [0.717, 1.165) is 43.4 Å². The number of ether oxygens (including phenoxy) is 2. The molecule has 0 bridgehead atoms. The molecule has 0 N–H and O–H groups in total. The second-order valence-corrected chi connectivity index (χ2v) is 9.29. The summed E-state index contributed by atoms with van der Waals surface area (Å²) in [5, 5.41) is 18.0. The van der Waals surface area contributed by atoms with Crippen LogP contribution in [0.1, 0.15) is 82.3 Å². The Balaban J connectivity index is 1.44. The molecular formula is C34H28N2O3. The van der Waals surface area contributed by atoms with Crippen LogP contribution in [-0.4, -0.2) is 25.3 Å². The van der Waals surface area contributed by atoms with E-state index in [9.17, 15) is 4.79 Å². The standard InChI is InChI=1S/C34H28N2O3/c35-23-29-13-8-26(9-14-29)7-12-28-18-20-31(19-17-27-10-15-30(24-36)16-11-27)33(22-28)34(37)38-21-5-3-1-2-4-6-32-25-39-32/h8-11,13-16,18,20,22,32H,1-6,21,25H2. The molecule has 1 heterocycles. The molecule has 4 rings (SSSR count). The highest BCUT2D eigenvalue weighted by atomic mass is 16.6. The van der Waals surface area contributed by atoms with Gasteiger partial charge >= 0.3 is 5.97 Å². The van der Waals surface area contributed by atoms with Gasteiger partial charge in [0.1, 0.15) is 0 Å². The molecule has 192 valence electrons. The lowest BCUT2D eigenvalue weighted by atomic mass is 10.0. The molecule has 1 saturated heterocycles. The van der Waals surface area contributed by atoms with Crippen molar-refractivity contribution in [3.05, 3.63) is 106 Å². The fourth-order valence-corrected chi connectivity index (χ4v) is 3.92. The third-order valence-electron chi connectivity index (χ3n) is 6.27. The highest BCUT2D eigenvalue weighted by Crippen LogP contribution is 2.18. The molecule has 3 aromatic carbocycles. The summed E-state index contributed by atoms with van der Waals surface area (Å²) in [5.41, 5.74) is 4.23.